The molecule has 2 fully saturated rings. The molecule has 0 saturated carbocycles. The van der Waals surface area contributed by atoms with Crippen LogP contribution in [0.4, 0.5) is 23.5 Å². The Kier molecular flexibility index (Phi) is 14.8. The summed E-state index contributed by atoms with van der Waals surface area (Å²) in [6.45, 7) is 4.21. The van der Waals surface area contributed by atoms with Crippen molar-refractivity contribution in [3.05, 3.63) is 47.5 Å². The van der Waals surface area contributed by atoms with Gasteiger partial charge >= 0.3 is 0 Å². The van der Waals surface area contributed by atoms with Gasteiger partial charge in [0, 0.05) is 50.2 Å². The van der Waals surface area contributed by atoms with Crippen LogP contribution in [0.1, 0.15) is 60.2 Å². The number of carbonyl (C=O) groups excluding carboxylic acids is 1. The fourth-order valence-corrected chi connectivity index (χ4v) is 5.14. The summed E-state index contributed by atoms with van der Waals surface area (Å²) in [6.07, 6.45) is 6.95. The molecule has 2 saturated heterocycles. The Morgan fingerprint density at radius 2 is 1.39 bits per heavy atom. The number of anilines is 4. The van der Waals surface area contributed by atoms with Gasteiger partial charge in [0.2, 0.25) is 24.6 Å². The molecule has 3 aliphatic rings. The fraction of sp³-hybridized carbons (Fsp3) is 0.429. The largest absolute Gasteiger partial charge is 0.507 e. The summed E-state index contributed by atoms with van der Waals surface area (Å²) in [4.78, 5) is 31.5. The van der Waals surface area contributed by atoms with Crippen LogP contribution in [-0.4, -0.2) is 58.9 Å². The molecule has 4 heterocycles. The van der Waals surface area contributed by atoms with Gasteiger partial charge in [-0.05, 0) is 68.4 Å². The molecular formula is C28H54ClN11O4. The lowest BCUT2D eigenvalue weighted by Gasteiger charge is -2.30. The van der Waals surface area contributed by atoms with Crippen molar-refractivity contribution >= 4 is 41.8 Å². The highest BCUT2D eigenvalue weighted by molar-refractivity contribution is 5.97. The number of amides is 1. The van der Waals surface area contributed by atoms with Gasteiger partial charge in [0.1, 0.15) is 5.75 Å². The van der Waals surface area contributed by atoms with Crippen LogP contribution in [-0.2, 0) is 6.54 Å². The Hall–Kier alpha value is -4.15. The first kappa shape index (κ1) is 37.9. The Bertz CT molecular complexity index is 1340. The number of fused-ring (bicyclic) bond motifs is 1. The first-order valence-corrected chi connectivity index (χ1v) is 13.7. The molecule has 44 heavy (non-hydrogen) atoms. The van der Waals surface area contributed by atoms with Crippen molar-refractivity contribution in [1.82, 2.24) is 44.9 Å². The maximum Gasteiger partial charge on any atom is 0.255 e. The number of rotatable bonds is 7. The van der Waals surface area contributed by atoms with E-state index in [1.165, 1.54) is 18.9 Å². The molecule has 1 amide bonds. The number of nitrogens with one attached hydrogen (secondary N) is 2. The monoisotopic (exact) mass is 643 g/mol. The van der Waals surface area contributed by atoms with E-state index in [1.807, 2.05) is 18.2 Å². The second-order valence-corrected chi connectivity index (χ2v) is 10.1. The van der Waals surface area contributed by atoms with Crippen LogP contribution in [0.15, 0.2) is 36.4 Å². The third-order valence-electron chi connectivity index (χ3n) is 7.28. The third kappa shape index (κ3) is 8.70. The van der Waals surface area contributed by atoms with Gasteiger partial charge in [-0.3, -0.25) is 4.79 Å². The standard InChI is InChI=1S/C28H33N7O4.ClH.4H3N.4H2/c36-22-16-20(8-9-21(22)25(37)29-17-19-7-10-23-24(15-19)39-18-38-23)30-26-31-27(34-11-3-1-4-12-34)33-28(32-26)35-13-5-2-6-14-35;;;;;;;;;/h7-10,15-16,36H,1-6,11-14,17-18H2,(H,29,37)(H,30,31,32,33);1H;4*1H3;4*1H. The molecule has 0 atom stereocenters. The van der Waals surface area contributed by atoms with E-state index in [0.29, 0.717) is 41.6 Å². The number of phenols is 1. The summed E-state index contributed by atoms with van der Waals surface area (Å²) in [7, 11) is 0. The summed E-state index contributed by atoms with van der Waals surface area (Å²) < 4.78 is 10.7. The third-order valence-corrected chi connectivity index (χ3v) is 7.28. The van der Waals surface area contributed by atoms with Crippen molar-refractivity contribution in [3.8, 4) is 17.2 Å². The zero-order valence-corrected chi connectivity index (χ0v) is 25.9. The van der Waals surface area contributed by atoms with Gasteiger partial charge in [0.05, 0.1) is 5.56 Å². The molecule has 2 aromatic carbocycles. The minimum atomic E-state index is -0.378. The number of aromatic nitrogens is 3. The fourth-order valence-electron chi connectivity index (χ4n) is 5.14. The van der Waals surface area contributed by atoms with Gasteiger partial charge in [0.25, 0.3) is 5.91 Å². The molecule has 0 spiro atoms. The highest BCUT2D eigenvalue weighted by Crippen LogP contribution is 2.32. The predicted octanol–water partition coefficient (Wildman–Crippen LogP) is 6.01. The summed E-state index contributed by atoms with van der Waals surface area (Å²) in [6, 6.07) is 10.4. The molecule has 3 aromatic rings. The van der Waals surface area contributed by atoms with Crippen molar-refractivity contribution < 1.29 is 25.1 Å². The topological polar surface area (TPSA) is 265 Å². The Balaban J connectivity index is -0.00000108. The Labute approximate surface area is 269 Å². The molecule has 15 N–H and O–H groups in total. The molecule has 0 unspecified atom stereocenters. The lowest BCUT2D eigenvalue weighted by Crippen LogP contribution is -2.34. The number of halogens is 1. The smallest absolute Gasteiger partial charge is 0.255 e. The van der Waals surface area contributed by atoms with Gasteiger partial charge in [-0.2, -0.15) is 15.0 Å². The summed E-state index contributed by atoms with van der Waals surface area (Å²) in [5.74, 6) is 2.61. The van der Waals surface area contributed by atoms with Crippen LogP contribution >= 0.6 is 12.4 Å². The zero-order chi connectivity index (χ0) is 26.6. The van der Waals surface area contributed by atoms with Crippen LogP contribution in [0.5, 0.6) is 17.2 Å². The first-order valence-electron chi connectivity index (χ1n) is 13.7. The number of nitrogens with zero attached hydrogens (tertiary/aromatic N) is 5. The number of carbonyl (C=O) groups is 1. The van der Waals surface area contributed by atoms with Crippen LogP contribution in [0.2, 0.25) is 0 Å². The highest BCUT2D eigenvalue weighted by Gasteiger charge is 2.21. The van der Waals surface area contributed by atoms with Gasteiger partial charge in [-0.25, -0.2) is 0 Å². The van der Waals surface area contributed by atoms with E-state index in [9.17, 15) is 9.90 Å². The Morgan fingerprint density at radius 3 is 1.98 bits per heavy atom. The van der Waals surface area contributed by atoms with Crippen LogP contribution in [0, 0.1) is 0 Å². The minimum Gasteiger partial charge on any atom is -0.507 e. The van der Waals surface area contributed by atoms with Gasteiger partial charge < -0.3 is 59.6 Å². The number of hydrogen-bond acceptors (Lipinski definition) is 14. The van der Waals surface area contributed by atoms with E-state index in [-0.39, 0.29) is 66.7 Å². The average Bonchev–Trinajstić information content (AvgIpc) is 3.45. The average molecular weight is 644 g/mol. The van der Waals surface area contributed by atoms with Gasteiger partial charge in [-0.1, -0.05) is 6.07 Å². The van der Waals surface area contributed by atoms with Crippen molar-refractivity contribution in [2.24, 2.45) is 0 Å². The molecule has 0 bridgehead atoms. The van der Waals surface area contributed by atoms with E-state index >= 15 is 0 Å². The SMILES string of the molecule is Cl.N.N.N.N.O=C(NCc1ccc2c(c1)OCO2)c1ccc(Nc2nc(N3CCCCC3)nc(N3CCCCC3)n2)cc1O.[HH].[HH].[HH].[HH]. The quantitative estimate of drug-likeness (QED) is 0.155. The van der Waals surface area contributed by atoms with E-state index in [2.05, 4.69) is 20.4 Å². The molecule has 1 aromatic heterocycles. The van der Waals surface area contributed by atoms with E-state index in [0.717, 1.165) is 57.4 Å². The van der Waals surface area contributed by atoms with Crippen molar-refractivity contribution in [1.29, 1.82) is 0 Å². The lowest BCUT2D eigenvalue weighted by molar-refractivity contribution is 0.0948. The van der Waals surface area contributed by atoms with Crippen LogP contribution in [0.25, 0.3) is 0 Å². The molecule has 252 valence electrons. The molecular weight excluding hydrogens is 590 g/mol. The second-order valence-electron chi connectivity index (χ2n) is 10.1. The number of phenolic OH excluding ortho intramolecular Hbond substituents is 1. The highest BCUT2D eigenvalue weighted by atomic mass is 35.5. The van der Waals surface area contributed by atoms with Crippen molar-refractivity contribution in [2.45, 2.75) is 45.1 Å². The molecule has 3 aliphatic heterocycles. The molecule has 15 nitrogen and oxygen atoms in total. The summed E-state index contributed by atoms with van der Waals surface area (Å²) in [5, 5.41) is 16.7. The zero-order valence-electron chi connectivity index (χ0n) is 25.1. The maximum absolute atomic E-state index is 12.8. The lowest BCUT2D eigenvalue weighted by atomic mass is 10.1. The number of hydrogen-bond donors (Lipinski definition) is 7. The first-order chi connectivity index (χ1) is 19.1. The normalized spacial score (nSPS) is 14.8. The van der Waals surface area contributed by atoms with E-state index < -0.39 is 0 Å². The number of piperidine rings is 2. The minimum absolute atomic E-state index is 0. The number of ether oxygens (including phenoxy) is 2. The summed E-state index contributed by atoms with van der Waals surface area (Å²) >= 11 is 0. The molecule has 0 aliphatic carbocycles. The molecule has 0 radical (unpaired) electrons. The van der Waals surface area contributed by atoms with Crippen LogP contribution < -0.4 is 54.5 Å². The second kappa shape index (κ2) is 17.2. The summed E-state index contributed by atoms with van der Waals surface area (Å²) in [5.41, 5.74) is 1.63. The maximum atomic E-state index is 12.8. The van der Waals surface area contributed by atoms with E-state index in [4.69, 9.17) is 24.4 Å². The van der Waals surface area contributed by atoms with Gasteiger partial charge in [0.15, 0.2) is 11.5 Å². The van der Waals surface area contributed by atoms with Crippen molar-refractivity contribution in [3.63, 3.8) is 0 Å². The molecule has 6 rings (SSSR count). The Morgan fingerprint density at radius 1 is 0.795 bits per heavy atom. The molecule has 16 heteroatoms. The number of benzene rings is 2. The van der Waals surface area contributed by atoms with Crippen LogP contribution in [0.3, 0.4) is 0 Å². The number of aromatic hydroxyl groups is 1. The van der Waals surface area contributed by atoms with Gasteiger partial charge in [-0.15, -0.1) is 12.4 Å². The van der Waals surface area contributed by atoms with E-state index in [1.54, 1.807) is 12.1 Å². The van der Waals surface area contributed by atoms with Crippen molar-refractivity contribution in [2.75, 3.05) is 48.1 Å². The predicted molar refractivity (Wildman–Crippen MR) is 183 cm³/mol.